The number of fused-ring (bicyclic) bond motifs is 3. The minimum atomic E-state index is -0.960. The molecule has 0 unspecified atom stereocenters. The van der Waals surface area contributed by atoms with Crippen LogP contribution in [-0.2, 0) is 10.3 Å². The van der Waals surface area contributed by atoms with Gasteiger partial charge in [0.1, 0.15) is 5.75 Å². The third kappa shape index (κ3) is 8.63. The summed E-state index contributed by atoms with van der Waals surface area (Å²) in [6, 6.07) is 52.5. The van der Waals surface area contributed by atoms with Crippen LogP contribution in [-0.4, -0.2) is 19.0 Å². The van der Waals surface area contributed by atoms with E-state index >= 15 is 0 Å². The van der Waals surface area contributed by atoms with Crippen LogP contribution < -0.4 is 15.4 Å². The van der Waals surface area contributed by atoms with Crippen molar-refractivity contribution in [2.45, 2.75) is 69.8 Å². The summed E-state index contributed by atoms with van der Waals surface area (Å²) in [7, 11) is 1.41. The van der Waals surface area contributed by atoms with Gasteiger partial charge in [0.05, 0.1) is 18.4 Å². The second-order valence-corrected chi connectivity index (χ2v) is 17.0. The Morgan fingerprint density at radius 3 is 1.95 bits per heavy atom. The van der Waals surface area contributed by atoms with Gasteiger partial charge >= 0.3 is 5.97 Å². The molecule has 1 aliphatic heterocycles. The summed E-state index contributed by atoms with van der Waals surface area (Å²) in [5.41, 5.74) is 8.01. The summed E-state index contributed by atoms with van der Waals surface area (Å²) >= 11 is 0. The van der Waals surface area contributed by atoms with E-state index < -0.39 is 11.6 Å². The zero-order valence-electron chi connectivity index (χ0n) is 36.1. The van der Waals surface area contributed by atoms with Crippen molar-refractivity contribution < 1.29 is 19.1 Å². The molecule has 1 saturated carbocycles. The number of hydrogen-bond donors (Lipinski definition) is 2. The first kappa shape index (κ1) is 41.4. The van der Waals surface area contributed by atoms with E-state index in [0.29, 0.717) is 39.7 Å². The van der Waals surface area contributed by atoms with E-state index in [1.807, 2.05) is 115 Å². The van der Waals surface area contributed by atoms with E-state index in [1.54, 1.807) is 0 Å². The van der Waals surface area contributed by atoms with Crippen LogP contribution >= 0.6 is 0 Å². The number of anilines is 3. The maximum atomic E-state index is 14.0. The molecule has 9 rings (SSSR count). The minimum absolute atomic E-state index is 0.132. The van der Waals surface area contributed by atoms with Gasteiger partial charge in [0.25, 0.3) is 5.91 Å². The number of methoxy groups -OCH3 is 1. The second kappa shape index (κ2) is 18.6. The fourth-order valence-corrected chi connectivity index (χ4v) is 9.60. The number of amides is 1. The molecular weight excluding hydrogens is 777 g/mol. The maximum absolute atomic E-state index is 14.0. The van der Waals surface area contributed by atoms with Crippen molar-refractivity contribution in [3.63, 3.8) is 0 Å². The van der Waals surface area contributed by atoms with Gasteiger partial charge in [-0.05, 0) is 115 Å². The quantitative estimate of drug-likeness (QED) is 0.0894. The smallest absolute Gasteiger partial charge is 0.340 e. The molecule has 2 aliphatic rings. The summed E-state index contributed by atoms with van der Waals surface area (Å²) in [5.74, 6) is 1.43. The number of unbranched alkanes of at least 4 members (excludes halogenated alkanes) is 2. The molecule has 0 saturated heterocycles. The Morgan fingerprint density at radius 1 is 0.683 bits per heavy atom. The molecule has 7 aromatic carbocycles. The molecule has 0 bridgehead atoms. The SMILES string of the molecule is CCCCC[C@H]1CC[C@H](c2ccc(C(=O)Nc3ccc(-c4ccc5c6c(c(C(=O)OC)c(Nc7ccccc7)c5c4)C=CC(c4ccccc4)(c4ccccc4)O6)cc3)cc2)CC1. The van der Waals surface area contributed by atoms with Gasteiger partial charge in [-0.15, -0.1) is 0 Å². The van der Waals surface area contributed by atoms with Crippen molar-refractivity contribution in [1.82, 2.24) is 0 Å². The fraction of sp³-hybridized carbons (Fsp3) is 0.228. The lowest BCUT2D eigenvalue weighted by Gasteiger charge is -2.37. The molecule has 0 radical (unpaired) electrons. The fourth-order valence-electron chi connectivity index (χ4n) is 9.60. The monoisotopic (exact) mass is 830 g/mol. The van der Waals surface area contributed by atoms with Crippen LogP contribution in [0, 0.1) is 5.92 Å². The molecule has 6 heteroatoms. The Hall–Kier alpha value is -6.92. The molecule has 7 aromatic rings. The average Bonchev–Trinajstić information content (AvgIpc) is 3.35. The van der Waals surface area contributed by atoms with Gasteiger partial charge in [0.15, 0.2) is 5.60 Å². The number of hydrogen-bond acceptors (Lipinski definition) is 5. The first-order chi connectivity index (χ1) is 30.9. The van der Waals surface area contributed by atoms with E-state index in [-0.39, 0.29) is 5.91 Å². The zero-order chi connectivity index (χ0) is 43.2. The van der Waals surface area contributed by atoms with Crippen LogP contribution in [0.25, 0.3) is 28.0 Å². The highest BCUT2D eigenvalue weighted by Gasteiger charge is 2.40. The van der Waals surface area contributed by atoms with Crippen LogP contribution in [0.4, 0.5) is 17.1 Å². The highest BCUT2D eigenvalue weighted by molar-refractivity contribution is 6.14. The van der Waals surface area contributed by atoms with E-state index in [9.17, 15) is 9.59 Å². The van der Waals surface area contributed by atoms with Gasteiger partial charge in [-0.3, -0.25) is 4.79 Å². The molecule has 1 fully saturated rings. The summed E-state index contributed by atoms with van der Waals surface area (Å²) in [4.78, 5) is 27.4. The Labute approximate surface area is 371 Å². The number of rotatable bonds is 13. The molecule has 0 spiro atoms. The third-order valence-electron chi connectivity index (χ3n) is 13.1. The first-order valence-electron chi connectivity index (χ1n) is 22.5. The number of ether oxygens (including phenoxy) is 2. The van der Waals surface area contributed by atoms with Gasteiger partial charge in [0.2, 0.25) is 0 Å². The highest BCUT2D eigenvalue weighted by atomic mass is 16.5. The van der Waals surface area contributed by atoms with Crippen LogP contribution in [0.3, 0.4) is 0 Å². The van der Waals surface area contributed by atoms with Crippen molar-refractivity contribution in [3.8, 4) is 16.9 Å². The normalized spacial score (nSPS) is 16.4. The lowest BCUT2D eigenvalue weighted by molar-refractivity contribution is 0.0600. The topological polar surface area (TPSA) is 76.7 Å². The molecular formula is C57H54N2O4. The van der Waals surface area contributed by atoms with Crippen molar-refractivity contribution in [2.75, 3.05) is 17.7 Å². The van der Waals surface area contributed by atoms with Crippen LogP contribution in [0.2, 0.25) is 0 Å². The molecule has 1 heterocycles. The number of nitrogens with one attached hydrogen (secondary N) is 2. The molecule has 63 heavy (non-hydrogen) atoms. The van der Waals surface area contributed by atoms with Crippen molar-refractivity contribution in [3.05, 3.63) is 197 Å². The lowest BCUT2D eigenvalue weighted by atomic mass is 9.77. The Balaban J connectivity index is 1.02. The van der Waals surface area contributed by atoms with E-state index in [0.717, 1.165) is 44.6 Å². The highest BCUT2D eigenvalue weighted by Crippen LogP contribution is 2.50. The Bertz CT molecular complexity index is 2680. The Kier molecular flexibility index (Phi) is 12.2. The average molecular weight is 831 g/mol. The first-order valence-corrected chi connectivity index (χ1v) is 22.5. The number of esters is 1. The standard InChI is InChI=1S/C57H54N2O4/c1-3-4-8-15-39-22-24-40(25-23-39)41-26-28-43(29-27-41)55(60)59-48-33-30-42(31-34-48)44-32-35-49-51(38-44)53(58-47-20-13-7-14-21-47)52(56(61)62-2)50-36-37-57(63-54(49)50,45-16-9-5-10-17-45)46-18-11-6-12-19-46/h5-7,9-14,16-21,26-40,58H,3-4,8,15,22-25H2,1-2H3,(H,59,60)/t39-,40-. The summed E-state index contributed by atoms with van der Waals surface area (Å²) in [5, 5.41) is 8.32. The van der Waals surface area contributed by atoms with Crippen LogP contribution in [0.5, 0.6) is 5.75 Å². The van der Waals surface area contributed by atoms with Gasteiger partial charge in [-0.25, -0.2) is 4.79 Å². The summed E-state index contributed by atoms with van der Waals surface area (Å²) in [6.45, 7) is 2.27. The number of carbonyl (C=O) groups is 2. The number of benzene rings is 7. The molecule has 0 atom stereocenters. The van der Waals surface area contributed by atoms with Crippen LogP contribution in [0.15, 0.2) is 164 Å². The second-order valence-electron chi connectivity index (χ2n) is 17.0. The van der Waals surface area contributed by atoms with E-state index in [1.165, 1.54) is 64.0 Å². The Morgan fingerprint density at radius 2 is 1.32 bits per heavy atom. The summed E-state index contributed by atoms with van der Waals surface area (Å²) in [6.07, 6.45) is 14.5. The molecule has 316 valence electrons. The molecule has 1 aliphatic carbocycles. The third-order valence-corrected chi connectivity index (χ3v) is 13.1. The van der Waals surface area contributed by atoms with Gasteiger partial charge in [0, 0.05) is 44.4 Å². The van der Waals surface area contributed by atoms with Gasteiger partial charge < -0.3 is 20.1 Å². The largest absolute Gasteiger partial charge is 0.472 e. The number of carbonyl (C=O) groups excluding carboxylic acids is 2. The maximum Gasteiger partial charge on any atom is 0.340 e. The predicted molar refractivity (Wildman–Crippen MR) is 257 cm³/mol. The number of para-hydroxylation sites is 1. The zero-order valence-corrected chi connectivity index (χ0v) is 36.1. The molecule has 2 N–H and O–H groups in total. The van der Waals surface area contributed by atoms with Gasteiger partial charge in [-0.1, -0.05) is 142 Å². The van der Waals surface area contributed by atoms with Crippen molar-refractivity contribution in [2.24, 2.45) is 5.92 Å². The van der Waals surface area contributed by atoms with Crippen molar-refractivity contribution >= 4 is 45.8 Å². The predicted octanol–water partition coefficient (Wildman–Crippen LogP) is 14.5. The van der Waals surface area contributed by atoms with Crippen LogP contribution in [0.1, 0.15) is 107 Å². The molecule has 0 aromatic heterocycles. The van der Waals surface area contributed by atoms with E-state index in [2.05, 4.69) is 72.2 Å². The van der Waals surface area contributed by atoms with E-state index in [4.69, 9.17) is 9.47 Å². The van der Waals surface area contributed by atoms with Crippen molar-refractivity contribution in [1.29, 1.82) is 0 Å². The molecule has 6 nitrogen and oxygen atoms in total. The van der Waals surface area contributed by atoms with Gasteiger partial charge in [-0.2, -0.15) is 0 Å². The summed E-state index contributed by atoms with van der Waals surface area (Å²) < 4.78 is 12.8. The minimum Gasteiger partial charge on any atom is -0.472 e. The lowest BCUT2D eigenvalue weighted by Crippen LogP contribution is -2.34. The molecule has 1 amide bonds.